The van der Waals surface area contributed by atoms with E-state index in [9.17, 15) is 18.0 Å². The van der Waals surface area contributed by atoms with E-state index in [1.165, 1.54) is 17.0 Å². The highest BCUT2D eigenvalue weighted by Crippen LogP contribution is 2.27. The SMILES string of the molecule is CC[C@@H](C)NC(=O)[C@H](CC)N(Cc1ccc(OC)cc1)C(=O)CN(c1cc(C)cc(C)c1)S(=O)(=O)c1ccccc1. The first kappa shape index (κ1) is 31.7. The van der Waals surface area contributed by atoms with Crippen LogP contribution in [0.15, 0.2) is 77.7 Å². The van der Waals surface area contributed by atoms with Crippen LogP contribution >= 0.6 is 0 Å². The Morgan fingerprint density at radius 1 is 0.902 bits per heavy atom. The van der Waals surface area contributed by atoms with Crippen molar-refractivity contribution in [2.45, 2.75) is 71.0 Å². The molecule has 2 amide bonds. The van der Waals surface area contributed by atoms with Crippen LogP contribution in [-0.2, 0) is 26.2 Å². The predicted molar refractivity (Wildman–Crippen MR) is 162 cm³/mol. The largest absolute Gasteiger partial charge is 0.497 e. The Hall–Kier alpha value is -3.85. The highest BCUT2D eigenvalue weighted by Gasteiger charge is 2.34. The number of hydrogen-bond acceptors (Lipinski definition) is 5. The Labute approximate surface area is 244 Å². The number of hydrogen-bond donors (Lipinski definition) is 1. The topological polar surface area (TPSA) is 96.0 Å². The highest BCUT2D eigenvalue weighted by molar-refractivity contribution is 7.92. The fourth-order valence-corrected chi connectivity index (χ4v) is 6.05. The molecule has 0 saturated heterocycles. The fraction of sp³-hybridized carbons (Fsp3) is 0.375. The Bertz CT molecular complexity index is 1410. The average Bonchev–Trinajstić information content (AvgIpc) is 2.95. The van der Waals surface area contributed by atoms with E-state index in [4.69, 9.17) is 4.74 Å². The summed E-state index contributed by atoms with van der Waals surface area (Å²) >= 11 is 0. The van der Waals surface area contributed by atoms with Crippen molar-refractivity contribution in [2.24, 2.45) is 0 Å². The van der Waals surface area contributed by atoms with Gasteiger partial charge in [0.1, 0.15) is 18.3 Å². The van der Waals surface area contributed by atoms with Gasteiger partial charge in [0.05, 0.1) is 17.7 Å². The van der Waals surface area contributed by atoms with Gasteiger partial charge >= 0.3 is 0 Å². The van der Waals surface area contributed by atoms with Gasteiger partial charge in [0.25, 0.3) is 10.0 Å². The molecule has 1 N–H and O–H groups in total. The van der Waals surface area contributed by atoms with Crippen molar-refractivity contribution in [2.75, 3.05) is 18.0 Å². The summed E-state index contributed by atoms with van der Waals surface area (Å²) < 4.78 is 34.3. The van der Waals surface area contributed by atoms with Crippen LogP contribution in [0.25, 0.3) is 0 Å². The van der Waals surface area contributed by atoms with Crippen molar-refractivity contribution in [1.29, 1.82) is 0 Å². The number of rotatable bonds is 13. The van der Waals surface area contributed by atoms with Gasteiger partial charge in [-0.2, -0.15) is 0 Å². The number of nitrogens with one attached hydrogen (secondary N) is 1. The molecular weight excluding hydrogens is 538 g/mol. The van der Waals surface area contributed by atoms with Crippen LogP contribution in [0.1, 0.15) is 50.3 Å². The number of anilines is 1. The lowest BCUT2D eigenvalue weighted by Gasteiger charge is -2.34. The van der Waals surface area contributed by atoms with E-state index in [2.05, 4.69) is 5.32 Å². The summed E-state index contributed by atoms with van der Waals surface area (Å²) in [6, 6.07) is 19.9. The summed E-state index contributed by atoms with van der Waals surface area (Å²) in [6.45, 7) is 9.15. The number of methoxy groups -OCH3 is 1. The molecule has 41 heavy (non-hydrogen) atoms. The second kappa shape index (κ2) is 14.2. The van der Waals surface area contributed by atoms with Crippen LogP contribution < -0.4 is 14.4 Å². The number of sulfonamides is 1. The first-order valence-electron chi connectivity index (χ1n) is 13.9. The van der Waals surface area contributed by atoms with E-state index >= 15 is 0 Å². The van der Waals surface area contributed by atoms with Gasteiger partial charge < -0.3 is 15.0 Å². The fourth-order valence-electron chi connectivity index (χ4n) is 4.63. The molecule has 0 spiro atoms. The molecule has 9 heteroatoms. The first-order valence-corrected chi connectivity index (χ1v) is 15.3. The van der Waals surface area contributed by atoms with Gasteiger partial charge in [-0.05, 0) is 86.7 Å². The molecule has 3 aromatic carbocycles. The Balaban J connectivity index is 2.07. The summed E-state index contributed by atoms with van der Waals surface area (Å²) in [4.78, 5) is 29.1. The molecule has 0 bridgehead atoms. The molecule has 8 nitrogen and oxygen atoms in total. The lowest BCUT2D eigenvalue weighted by molar-refractivity contribution is -0.140. The number of carbonyl (C=O) groups is 2. The third kappa shape index (κ3) is 8.10. The molecular formula is C32H41N3O5S. The third-order valence-corrected chi connectivity index (χ3v) is 8.79. The number of carbonyl (C=O) groups excluding carboxylic acids is 2. The van der Waals surface area contributed by atoms with Crippen LogP contribution in [0.4, 0.5) is 5.69 Å². The van der Waals surface area contributed by atoms with E-state index < -0.39 is 28.5 Å². The quantitative estimate of drug-likeness (QED) is 0.299. The molecule has 3 rings (SSSR count). The van der Waals surface area contributed by atoms with Gasteiger partial charge in [-0.25, -0.2) is 8.42 Å². The van der Waals surface area contributed by atoms with Crippen LogP contribution in [0.2, 0.25) is 0 Å². The van der Waals surface area contributed by atoms with Gasteiger partial charge in [-0.15, -0.1) is 0 Å². The van der Waals surface area contributed by atoms with Crippen molar-refractivity contribution in [1.82, 2.24) is 10.2 Å². The van der Waals surface area contributed by atoms with Crippen molar-refractivity contribution >= 4 is 27.5 Å². The minimum atomic E-state index is -4.10. The monoisotopic (exact) mass is 579 g/mol. The first-order chi connectivity index (χ1) is 19.5. The number of benzene rings is 3. The molecule has 0 saturated carbocycles. The standard InChI is InChI=1S/C32H41N3O5S/c1-7-25(5)33-32(37)30(8-2)34(21-26-14-16-28(40-6)17-15-26)31(36)22-35(27-19-23(3)18-24(4)20-27)41(38,39)29-12-10-9-11-13-29/h9-20,25,30H,7-8,21-22H2,1-6H3,(H,33,37)/t25-,30+/m1/s1. The van der Waals surface area contributed by atoms with Gasteiger partial charge in [-0.1, -0.05) is 50.2 Å². The molecule has 220 valence electrons. The summed E-state index contributed by atoms with van der Waals surface area (Å²) in [6.07, 6.45) is 1.10. The molecule has 0 unspecified atom stereocenters. The van der Waals surface area contributed by atoms with Gasteiger partial charge in [0.2, 0.25) is 11.8 Å². The van der Waals surface area contributed by atoms with Crippen LogP contribution in [0, 0.1) is 13.8 Å². The number of ether oxygens (including phenoxy) is 1. The van der Waals surface area contributed by atoms with E-state index in [-0.39, 0.29) is 23.4 Å². The summed E-state index contributed by atoms with van der Waals surface area (Å²) in [5.41, 5.74) is 2.92. The predicted octanol–water partition coefficient (Wildman–Crippen LogP) is 5.23. The summed E-state index contributed by atoms with van der Waals surface area (Å²) in [5.74, 6) is -0.0821. The zero-order valence-corrected chi connectivity index (χ0v) is 25.6. The number of amides is 2. The average molecular weight is 580 g/mol. The minimum absolute atomic E-state index is 0.0697. The third-order valence-electron chi connectivity index (χ3n) is 7.00. The van der Waals surface area contributed by atoms with Gasteiger partial charge in [-0.3, -0.25) is 13.9 Å². The number of aryl methyl sites for hydroxylation is 2. The van der Waals surface area contributed by atoms with Crippen LogP contribution in [-0.4, -0.2) is 50.9 Å². The second-order valence-corrected chi connectivity index (χ2v) is 12.1. The lowest BCUT2D eigenvalue weighted by atomic mass is 10.1. The molecule has 0 radical (unpaired) electrons. The lowest BCUT2D eigenvalue weighted by Crippen LogP contribution is -2.53. The van der Waals surface area contributed by atoms with Crippen LogP contribution in [0.5, 0.6) is 5.75 Å². The van der Waals surface area contributed by atoms with Crippen LogP contribution in [0.3, 0.4) is 0 Å². The minimum Gasteiger partial charge on any atom is -0.497 e. The normalized spacial score (nSPS) is 12.7. The Kier molecular flexibility index (Phi) is 10.9. The molecule has 0 fully saturated rings. The molecule has 0 aliphatic rings. The maximum absolute atomic E-state index is 14.2. The molecule has 3 aromatic rings. The van der Waals surface area contributed by atoms with Gasteiger partial charge in [0, 0.05) is 12.6 Å². The molecule has 0 aromatic heterocycles. The Morgan fingerprint density at radius 3 is 2.05 bits per heavy atom. The zero-order chi connectivity index (χ0) is 30.2. The molecule has 0 aliphatic heterocycles. The van der Waals surface area contributed by atoms with E-state index in [0.717, 1.165) is 27.4 Å². The van der Waals surface area contributed by atoms with E-state index in [1.807, 2.05) is 52.8 Å². The van der Waals surface area contributed by atoms with Crippen molar-refractivity contribution in [3.05, 3.63) is 89.5 Å². The summed E-state index contributed by atoms with van der Waals surface area (Å²) in [5, 5.41) is 2.99. The zero-order valence-electron chi connectivity index (χ0n) is 24.8. The van der Waals surface area contributed by atoms with E-state index in [1.54, 1.807) is 49.6 Å². The maximum Gasteiger partial charge on any atom is 0.264 e. The highest BCUT2D eigenvalue weighted by atomic mass is 32.2. The molecule has 0 aliphatic carbocycles. The smallest absolute Gasteiger partial charge is 0.264 e. The molecule has 2 atom stereocenters. The van der Waals surface area contributed by atoms with Crippen molar-refractivity contribution < 1.29 is 22.7 Å². The summed E-state index contributed by atoms with van der Waals surface area (Å²) in [7, 11) is -2.53. The Morgan fingerprint density at radius 2 is 1.51 bits per heavy atom. The van der Waals surface area contributed by atoms with Crippen molar-refractivity contribution in [3.8, 4) is 5.75 Å². The number of nitrogens with zero attached hydrogens (tertiary/aromatic N) is 2. The van der Waals surface area contributed by atoms with Gasteiger partial charge in [0.15, 0.2) is 0 Å². The van der Waals surface area contributed by atoms with Crippen molar-refractivity contribution in [3.63, 3.8) is 0 Å². The van der Waals surface area contributed by atoms with E-state index in [0.29, 0.717) is 17.9 Å². The second-order valence-electron chi connectivity index (χ2n) is 10.3. The molecule has 0 heterocycles. The maximum atomic E-state index is 14.2.